The standard InChI is InChI=1S/C13H18N4O3/c1-4-5-17-8-9(6-15-17)12(18)11-13(20-3)16-10(19-2)7-14-11/h6-8,12,18H,4-5H2,1-3H3. The summed E-state index contributed by atoms with van der Waals surface area (Å²) >= 11 is 0. The van der Waals surface area contributed by atoms with E-state index in [1.807, 2.05) is 0 Å². The minimum Gasteiger partial charge on any atom is -0.480 e. The summed E-state index contributed by atoms with van der Waals surface area (Å²) in [6.07, 6.45) is 4.89. The third kappa shape index (κ3) is 2.88. The summed E-state index contributed by atoms with van der Waals surface area (Å²) in [4.78, 5) is 8.26. The number of aromatic nitrogens is 4. The molecular weight excluding hydrogens is 260 g/mol. The van der Waals surface area contributed by atoms with Gasteiger partial charge >= 0.3 is 0 Å². The molecule has 7 nitrogen and oxygen atoms in total. The SMILES string of the molecule is CCCn1cc(C(O)c2ncc(OC)nc2OC)cn1. The Bertz CT molecular complexity index is 570. The Morgan fingerprint density at radius 2 is 2.10 bits per heavy atom. The van der Waals surface area contributed by atoms with Crippen LogP contribution in [0.5, 0.6) is 11.8 Å². The summed E-state index contributed by atoms with van der Waals surface area (Å²) in [6.45, 7) is 2.87. The minimum absolute atomic E-state index is 0.236. The fourth-order valence-corrected chi connectivity index (χ4v) is 1.83. The average molecular weight is 278 g/mol. The highest BCUT2D eigenvalue weighted by Gasteiger charge is 2.20. The maximum atomic E-state index is 10.4. The molecule has 1 N–H and O–H groups in total. The fourth-order valence-electron chi connectivity index (χ4n) is 1.83. The molecule has 2 heterocycles. The molecule has 1 unspecified atom stereocenters. The Kier molecular flexibility index (Phi) is 4.52. The van der Waals surface area contributed by atoms with Crippen LogP contribution in [-0.2, 0) is 6.54 Å². The van der Waals surface area contributed by atoms with E-state index >= 15 is 0 Å². The van der Waals surface area contributed by atoms with Crippen LogP contribution in [0, 0.1) is 0 Å². The van der Waals surface area contributed by atoms with E-state index < -0.39 is 6.10 Å². The molecule has 0 saturated carbocycles. The first kappa shape index (κ1) is 14.3. The van der Waals surface area contributed by atoms with E-state index in [4.69, 9.17) is 9.47 Å². The number of hydrogen-bond acceptors (Lipinski definition) is 6. The minimum atomic E-state index is -0.936. The van der Waals surface area contributed by atoms with Gasteiger partial charge in [-0.1, -0.05) is 6.92 Å². The molecule has 7 heteroatoms. The van der Waals surface area contributed by atoms with Gasteiger partial charge in [-0.15, -0.1) is 0 Å². The van der Waals surface area contributed by atoms with Gasteiger partial charge in [-0.2, -0.15) is 10.1 Å². The summed E-state index contributed by atoms with van der Waals surface area (Å²) < 4.78 is 11.9. The molecule has 0 aromatic carbocycles. The molecule has 0 aliphatic rings. The first-order valence-corrected chi connectivity index (χ1v) is 6.35. The number of hydrogen-bond donors (Lipinski definition) is 1. The van der Waals surface area contributed by atoms with Crippen LogP contribution in [0.25, 0.3) is 0 Å². The van der Waals surface area contributed by atoms with Gasteiger partial charge in [-0.25, -0.2) is 4.98 Å². The molecule has 2 rings (SSSR count). The molecule has 0 aliphatic carbocycles. The second-order valence-electron chi connectivity index (χ2n) is 4.25. The summed E-state index contributed by atoms with van der Waals surface area (Å²) in [5, 5.41) is 14.6. The van der Waals surface area contributed by atoms with Crippen molar-refractivity contribution in [3.8, 4) is 11.8 Å². The van der Waals surface area contributed by atoms with Crippen molar-refractivity contribution >= 4 is 0 Å². The van der Waals surface area contributed by atoms with E-state index in [1.54, 1.807) is 17.1 Å². The molecule has 0 aliphatic heterocycles. The van der Waals surface area contributed by atoms with Gasteiger partial charge in [0.2, 0.25) is 11.8 Å². The number of nitrogens with zero attached hydrogens (tertiary/aromatic N) is 4. The summed E-state index contributed by atoms with van der Waals surface area (Å²) in [5.41, 5.74) is 0.987. The topological polar surface area (TPSA) is 82.3 Å². The van der Waals surface area contributed by atoms with Crippen LogP contribution in [-0.4, -0.2) is 39.1 Å². The first-order chi connectivity index (χ1) is 9.69. The number of methoxy groups -OCH3 is 2. The quantitative estimate of drug-likeness (QED) is 0.854. The monoisotopic (exact) mass is 278 g/mol. The smallest absolute Gasteiger partial charge is 0.241 e. The van der Waals surface area contributed by atoms with Crippen LogP contribution in [0.2, 0.25) is 0 Å². The third-order valence-corrected chi connectivity index (χ3v) is 2.83. The molecule has 0 bridgehead atoms. The number of aliphatic hydroxyl groups is 1. The first-order valence-electron chi connectivity index (χ1n) is 6.35. The highest BCUT2D eigenvalue weighted by molar-refractivity contribution is 5.30. The molecule has 108 valence electrons. The summed E-state index contributed by atoms with van der Waals surface area (Å²) in [5.74, 6) is 0.569. The largest absolute Gasteiger partial charge is 0.480 e. The predicted molar refractivity (Wildman–Crippen MR) is 71.7 cm³/mol. The molecule has 0 radical (unpaired) electrons. The molecular formula is C13H18N4O3. The van der Waals surface area contributed by atoms with Gasteiger partial charge in [0.05, 0.1) is 26.6 Å². The van der Waals surface area contributed by atoms with Gasteiger partial charge in [0.15, 0.2) is 0 Å². The van der Waals surface area contributed by atoms with Crippen molar-refractivity contribution in [3.05, 3.63) is 29.8 Å². The molecule has 2 aromatic heterocycles. The Labute approximate surface area is 117 Å². The van der Waals surface area contributed by atoms with Crippen molar-refractivity contribution in [2.75, 3.05) is 14.2 Å². The molecule has 2 aromatic rings. The van der Waals surface area contributed by atoms with Gasteiger partial charge in [-0.3, -0.25) is 4.68 Å². The van der Waals surface area contributed by atoms with Gasteiger partial charge in [-0.05, 0) is 6.42 Å². The van der Waals surface area contributed by atoms with Crippen LogP contribution in [0.3, 0.4) is 0 Å². The zero-order chi connectivity index (χ0) is 14.5. The lowest BCUT2D eigenvalue weighted by atomic mass is 10.1. The van der Waals surface area contributed by atoms with Crippen LogP contribution >= 0.6 is 0 Å². The maximum absolute atomic E-state index is 10.4. The number of rotatable bonds is 6. The predicted octanol–water partition coefficient (Wildman–Crippen LogP) is 1.18. The fraction of sp³-hybridized carbons (Fsp3) is 0.462. The van der Waals surface area contributed by atoms with Crippen molar-refractivity contribution in [3.63, 3.8) is 0 Å². The number of aliphatic hydroxyl groups excluding tert-OH is 1. The number of ether oxygens (including phenoxy) is 2. The lowest BCUT2D eigenvalue weighted by Gasteiger charge is -2.12. The Balaban J connectivity index is 2.29. The van der Waals surface area contributed by atoms with Crippen LogP contribution in [0.1, 0.15) is 30.7 Å². The highest BCUT2D eigenvalue weighted by atomic mass is 16.5. The van der Waals surface area contributed by atoms with Crippen molar-refractivity contribution < 1.29 is 14.6 Å². The van der Waals surface area contributed by atoms with Crippen molar-refractivity contribution in [2.45, 2.75) is 26.0 Å². The van der Waals surface area contributed by atoms with Gasteiger partial charge in [0, 0.05) is 18.3 Å². The summed E-state index contributed by atoms with van der Waals surface area (Å²) in [6, 6.07) is 0. The normalized spacial score (nSPS) is 12.2. The number of aryl methyl sites for hydroxylation is 1. The van der Waals surface area contributed by atoms with Crippen LogP contribution in [0.15, 0.2) is 18.6 Å². The molecule has 0 fully saturated rings. The van der Waals surface area contributed by atoms with E-state index in [1.165, 1.54) is 20.4 Å². The van der Waals surface area contributed by atoms with E-state index in [9.17, 15) is 5.11 Å². The van der Waals surface area contributed by atoms with Crippen molar-refractivity contribution in [1.82, 2.24) is 19.7 Å². The molecule has 0 spiro atoms. The van der Waals surface area contributed by atoms with E-state index in [2.05, 4.69) is 22.0 Å². The molecule has 0 saturated heterocycles. The lowest BCUT2D eigenvalue weighted by Crippen LogP contribution is -2.07. The highest BCUT2D eigenvalue weighted by Crippen LogP contribution is 2.27. The zero-order valence-electron chi connectivity index (χ0n) is 11.8. The Hall–Kier alpha value is -2.15. The zero-order valence-corrected chi connectivity index (χ0v) is 11.8. The Morgan fingerprint density at radius 3 is 2.75 bits per heavy atom. The van der Waals surface area contributed by atoms with Gasteiger partial charge < -0.3 is 14.6 Å². The van der Waals surface area contributed by atoms with E-state index in [0.29, 0.717) is 17.1 Å². The van der Waals surface area contributed by atoms with E-state index in [-0.39, 0.29) is 5.88 Å². The molecule has 20 heavy (non-hydrogen) atoms. The van der Waals surface area contributed by atoms with Crippen molar-refractivity contribution in [2.24, 2.45) is 0 Å². The van der Waals surface area contributed by atoms with Crippen molar-refractivity contribution in [1.29, 1.82) is 0 Å². The maximum Gasteiger partial charge on any atom is 0.241 e. The van der Waals surface area contributed by atoms with Crippen LogP contribution in [0.4, 0.5) is 0 Å². The molecule has 1 atom stereocenters. The van der Waals surface area contributed by atoms with Gasteiger partial charge in [0.1, 0.15) is 11.8 Å². The Morgan fingerprint density at radius 1 is 1.30 bits per heavy atom. The summed E-state index contributed by atoms with van der Waals surface area (Å²) in [7, 11) is 2.97. The second kappa shape index (κ2) is 6.33. The van der Waals surface area contributed by atoms with E-state index in [0.717, 1.165) is 13.0 Å². The van der Waals surface area contributed by atoms with Crippen LogP contribution < -0.4 is 9.47 Å². The van der Waals surface area contributed by atoms with Gasteiger partial charge in [0.25, 0.3) is 0 Å². The average Bonchev–Trinajstić information content (AvgIpc) is 2.94. The lowest BCUT2D eigenvalue weighted by molar-refractivity contribution is 0.206. The third-order valence-electron chi connectivity index (χ3n) is 2.83. The second-order valence-corrected chi connectivity index (χ2v) is 4.25. The molecule has 0 amide bonds.